The van der Waals surface area contributed by atoms with Crippen molar-refractivity contribution in [2.45, 2.75) is 58.3 Å². The Morgan fingerprint density at radius 1 is 0.800 bits per heavy atom. The predicted molar refractivity (Wildman–Crippen MR) is 153 cm³/mol. The van der Waals surface area contributed by atoms with Crippen LogP contribution in [0.1, 0.15) is 43.9 Å². The van der Waals surface area contributed by atoms with Gasteiger partial charge in [0, 0.05) is 13.0 Å². The monoisotopic (exact) mass is 546 g/mol. The van der Waals surface area contributed by atoms with Crippen molar-refractivity contribution in [1.82, 2.24) is 10.6 Å². The highest BCUT2D eigenvalue weighted by Crippen LogP contribution is 2.14. The second kappa shape index (κ2) is 15.3. The van der Waals surface area contributed by atoms with Crippen LogP contribution in [0.15, 0.2) is 84.9 Å². The van der Waals surface area contributed by atoms with E-state index < -0.39 is 23.7 Å². The maximum absolute atomic E-state index is 13.0. The molecule has 3 rings (SSSR count). The number of carbonyl (C=O) groups excluding carboxylic acids is 3. The third-order valence-corrected chi connectivity index (χ3v) is 5.75. The lowest BCUT2D eigenvalue weighted by atomic mass is 10.1. The van der Waals surface area contributed by atoms with E-state index in [0.29, 0.717) is 25.1 Å². The van der Waals surface area contributed by atoms with Gasteiger partial charge in [-0.05, 0) is 62.4 Å². The maximum Gasteiger partial charge on any atom is 0.408 e. The van der Waals surface area contributed by atoms with Gasteiger partial charge < -0.3 is 24.8 Å². The highest BCUT2D eigenvalue weighted by Gasteiger charge is 2.22. The van der Waals surface area contributed by atoms with Crippen LogP contribution in [0, 0.1) is 0 Å². The molecule has 0 aliphatic rings. The van der Waals surface area contributed by atoms with Gasteiger partial charge in [0.05, 0.1) is 0 Å². The van der Waals surface area contributed by atoms with E-state index in [2.05, 4.69) is 10.6 Å². The number of hydrogen-bond donors (Lipinski definition) is 2. The van der Waals surface area contributed by atoms with Crippen molar-refractivity contribution in [3.63, 3.8) is 0 Å². The molecule has 0 bridgehead atoms. The number of carbonyl (C=O) groups is 3. The van der Waals surface area contributed by atoms with Gasteiger partial charge in [0.1, 0.15) is 24.0 Å². The van der Waals surface area contributed by atoms with Gasteiger partial charge in [-0.25, -0.2) is 9.59 Å². The van der Waals surface area contributed by atoms with Gasteiger partial charge in [-0.2, -0.15) is 0 Å². The quantitative estimate of drug-likeness (QED) is 0.231. The molecule has 0 aromatic heterocycles. The minimum Gasteiger partial charge on any atom is -0.482 e. The highest BCUT2D eigenvalue weighted by atomic mass is 16.6. The average molecular weight is 547 g/mol. The van der Waals surface area contributed by atoms with Crippen molar-refractivity contribution < 1.29 is 28.6 Å². The zero-order chi connectivity index (χ0) is 28.8. The first-order chi connectivity index (χ1) is 19.2. The predicted octanol–water partition coefficient (Wildman–Crippen LogP) is 4.99. The van der Waals surface area contributed by atoms with E-state index >= 15 is 0 Å². The van der Waals surface area contributed by atoms with Gasteiger partial charge >= 0.3 is 12.1 Å². The number of aryl methyl sites for hydroxylation is 1. The molecule has 0 unspecified atom stereocenters. The van der Waals surface area contributed by atoms with Crippen LogP contribution >= 0.6 is 0 Å². The molecular weight excluding hydrogens is 508 g/mol. The number of esters is 1. The van der Waals surface area contributed by atoms with Gasteiger partial charge in [-0.3, -0.25) is 4.79 Å². The molecule has 0 spiro atoms. The SMILES string of the molecule is CC(C)(C)OC(=O)COc1ccc(CCCNC(=O)[C@@H](Cc2ccccc2)NC(=O)OCc2ccccc2)cc1. The standard InChI is InChI=1S/C32H38N2O6/c1-32(2,3)40-29(35)23-38-27-18-16-24(17-19-27)15-10-20-33-30(36)28(21-25-11-6-4-7-12-25)34-31(37)39-22-26-13-8-5-9-14-26/h4-9,11-14,16-19,28H,10,15,20-23H2,1-3H3,(H,33,36)(H,34,37)/t28-/m1/s1. The van der Waals surface area contributed by atoms with Crippen molar-refractivity contribution in [2.24, 2.45) is 0 Å². The first-order valence-corrected chi connectivity index (χ1v) is 13.4. The lowest BCUT2D eigenvalue weighted by molar-refractivity contribution is -0.157. The Morgan fingerprint density at radius 3 is 2.05 bits per heavy atom. The second-order valence-corrected chi connectivity index (χ2v) is 10.4. The molecule has 2 amide bonds. The minimum atomic E-state index is -0.771. The average Bonchev–Trinajstić information content (AvgIpc) is 2.93. The summed E-state index contributed by atoms with van der Waals surface area (Å²) in [5.74, 6) is -0.111. The number of rotatable bonds is 13. The molecule has 212 valence electrons. The highest BCUT2D eigenvalue weighted by molar-refractivity contribution is 5.85. The van der Waals surface area contributed by atoms with Crippen molar-refractivity contribution in [2.75, 3.05) is 13.2 Å². The minimum absolute atomic E-state index is 0.122. The summed E-state index contributed by atoms with van der Waals surface area (Å²) in [5, 5.41) is 5.64. The van der Waals surface area contributed by atoms with Crippen LogP contribution in [0.4, 0.5) is 4.79 Å². The van der Waals surface area contributed by atoms with Crippen LogP contribution in [0.2, 0.25) is 0 Å². The molecule has 0 aliphatic heterocycles. The Balaban J connectivity index is 1.44. The molecule has 2 N–H and O–H groups in total. The number of nitrogens with one attached hydrogen (secondary N) is 2. The molecule has 1 atom stereocenters. The molecular formula is C32H38N2O6. The molecule has 8 heteroatoms. The fourth-order valence-corrected chi connectivity index (χ4v) is 3.86. The van der Waals surface area contributed by atoms with Crippen LogP contribution in [0.3, 0.4) is 0 Å². The summed E-state index contributed by atoms with van der Waals surface area (Å²) >= 11 is 0. The van der Waals surface area contributed by atoms with E-state index in [1.54, 1.807) is 12.1 Å². The van der Waals surface area contributed by atoms with Crippen LogP contribution in [-0.4, -0.2) is 42.8 Å². The summed E-state index contributed by atoms with van der Waals surface area (Å²) in [6.07, 6.45) is 1.15. The van der Waals surface area contributed by atoms with Gasteiger partial charge in [-0.15, -0.1) is 0 Å². The first kappa shape index (κ1) is 30.2. The fraction of sp³-hybridized carbons (Fsp3) is 0.344. The molecule has 0 radical (unpaired) electrons. The Hall–Kier alpha value is -4.33. The number of alkyl carbamates (subject to hydrolysis) is 1. The van der Waals surface area contributed by atoms with Crippen molar-refractivity contribution in [3.05, 3.63) is 102 Å². The maximum atomic E-state index is 13.0. The fourth-order valence-electron chi connectivity index (χ4n) is 3.86. The largest absolute Gasteiger partial charge is 0.482 e. The number of hydrogen-bond acceptors (Lipinski definition) is 6. The Bertz CT molecular complexity index is 1210. The summed E-state index contributed by atoms with van der Waals surface area (Å²) in [5.41, 5.74) is 2.31. The third-order valence-electron chi connectivity index (χ3n) is 5.75. The van der Waals surface area contributed by atoms with Gasteiger partial charge in [0.2, 0.25) is 5.91 Å². The summed E-state index contributed by atoms with van der Waals surface area (Å²) in [4.78, 5) is 37.3. The van der Waals surface area contributed by atoms with Crippen molar-refractivity contribution >= 4 is 18.0 Å². The molecule has 0 saturated carbocycles. The number of ether oxygens (including phenoxy) is 3. The lowest BCUT2D eigenvalue weighted by Gasteiger charge is -2.19. The van der Waals surface area contributed by atoms with Crippen LogP contribution in [0.25, 0.3) is 0 Å². The first-order valence-electron chi connectivity index (χ1n) is 13.4. The molecule has 3 aromatic rings. The smallest absolute Gasteiger partial charge is 0.408 e. The Kier molecular flexibility index (Phi) is 11.6. The third kappa shape index (κ3) is 11.6. The summed E-state index contributed by atoms with van der Waals surface area (Å²) in [6, 6.07) is 25.6. The van der Waals surface area contributed by atoms with E-state index in [0.717, 1.165) is 23.1 Å². The molecule has 0 heterocycles. The van der Waals surface area contributed by atoms with Crippen molar-refractivity contribution in [1.29, 1.82) is 0 Å². The van der Waals surface area contributed by atoms with E-state index in [1.807, 2.05) is 93.6 Å². The normalized spacial score (nSPS) is 11.7. The van der Waals surface area contributed by atoms with Crippen LogP contribution < -0.4 is 15.4 Å². The second-order valence-electron chi connectivity index (χ2n) is 10.4. The van der Waals surface area contributed by atoms with E-state index in [9.17, 15) is 14.4 Å². The molecule has 3 aromatic carbocycles. The summed E-state index contributed by atoms with van der Waals surface area (Å²) < 4.78 is 16.1. The van der Waals surface area contributed by atoms with E-state index in [-0.39, 0.29) is 19.1 Å². The van der Waals surface area contributed by atoms with Crippen LogP contribution in [0.5, 0.6) is 5.75 Å². The summed E-state index contributed by atoms with van der Waals surface area (Å²) in [7, 11) is 0. The summed E-state index contributed by atoms with van der Waals surface area (Å²) in [6.45, 7) is 5.84. The topological polar surface area (TPSA) is 103 Å². The molecule has 0 fully saturated rings. The molecule has 40 heavy (non-hydrogen) atoms. The molecule has 0 aliphatic carbocycles. The zero-order valence-corrected chi connectivity index (χ0v) is 23.4. The van der Waals surface area contributed by atoms with Gasteiger partial charge in [-0.1, -0.05) is 72.8 Å². The van der Waals surface area contributed by atoms with Gasteiger partial charge in [0.25, 0.3) is 0 Å². The van der Waals surface area contributed by atoms with Crippen LogP contribution in [-0.2, 0) is 38.5 Å². The van der Waals surface area contributed by atoms with E-state index in [4.69, 9.17) is 14.2 Å². The van der Waals surface area contributed by atoms with E-state index in [1.165, 1.54) is 0 Å². The van der Waals surface area contributed by atoms with Crippen molar-refractivity contribution in [3.8, 4) is 5.75 Å². The Labute approximate surface area is 236 Å². The Morgan fingerprint density at radius 2 is 1.43 bits per heavy atom. The lowest BCUT2D eigenvalue weighted by Crippen LogP contribution is -2.48. The molecule has 0 saturated heterocycles. The number of benzene rings is 3. The zero-order valence-electron chi connectivity index (χ0n) is 23.4. The number of amides is 2. The van der Waals surface area contributed by atoms with Gasteiger partial charge in [0.15, 0.2) is 6.61 Å². The molecule has 8 nitrogen and oxygen atoms in total.